The van der Waals surface area contributed by atoms with Crippen LogP contribution in [0.3, 0.4) is 0 Å². The van der Waals surface area contributed by atoms with E-state index in [2.05, 4.69) is 19.2 Å². The molecule has 6 nitrogen and oxygen atoms in total. The van der Waals surface area contributed by atoms with Crippen LogP contribution in [0.4, 0.5) is 0 Å². The van der Waals surface area contributed by atoms with Crippen LogP contribution in [0.5, 0.6) is 0 Å². The Morgan fingerprint density at radius 1 is 0.429 bits per heavy atom. The monoisotopic (exact) mass is 794 g/mol. The third kappa shape index (κ3) is 42.5. The first-order chi connectivity index (χ1) is 27.5. The molecule has 0 spiro atoms. The van der Waals surface area contributed by atoms with Gasteiger partial charge in [0.15, 0.2) is 0 Å². The highest BCUT2D eigenvalue weighted by Crippen LogP contribution is 2.17. The van der Waals surface area contributed by atoms with Gasteiger partial charge >= 0.3 is 5.97 Å². The quantitative estimate of drug-likeness (QED) is 0.0421. The van der Waals surface area contributed by atoms with Crippen LogP contribution >= 0.6 is 0 Å². The lowest BCUT2D eigenvalue weighted by atomic mass is 10.0. The van der Waals surface area contributed by atoms with Crippen molar-refractivity contribution in [3.05, 3.63) is 0 Å². The van der Waals surface area contributed by atoms with Gasteiger partial charge in [0.2, 0.25) is 5.91 Å². The molecule has 0 bridgehead atoms. The number of hydrogen-bond acceptors (Lipinski definition) is 5. The summed E-state index contributed by atoms with van der Waals surface area (Å²) in [5.41, 5.74) is 0. The van der Waals surface area contributed by atoms with Gasteiger partial charge in [0, 0.05) is 12.8 Å². The van der Waals surface area contributed by atoms with Crippen molar-refractivity contribution >= 4 is 11.9 Å². The lowest BCUT2D eigenvalue weighted by molar-refractivity contribution is -0.143. The molecule has 0 saturated heterocycles. The Balaban J connectivity index is 3.39. The number of hydrogen-bond donors (Lipinski definition) is 3. The van der Waals surface area contributed by atoms with Crippen LogP contribution < -0.4 is 5.32 Å². The van der Waals surface area contributed by atoms with Crippen molar-refractivity contribution < 1.29 is 24.5 Å². The molecule has 0 heterocycles. The highest BCUT2D eigenvalue weighted by atomic mass is 16.5. The van der Waals surface area contributed by atoms with Crippen molar-refractivity contribution in [2.45, 2.75) is 296 Å². The molecule has 0 aromatic carbocycles. The summed E-state index contributed by atoms with van der Waals surface area (Å²) in [6.45, 7) is 4.93. The molecular formula is C50H99NO5. The molecule has 0 saturated carbocycles. The highest BCUT2D eigenvalue weighted by molar-refractivity contribution is 5.76. The van der Waals surface area contributed by atoms with E-state index in [1.807, 2.05) is 0 Å². The van der Waals surface area contributed by atoms with E-state index in [4.69, 9.17) is 4.74 Å². The lowest BCUT2D eigenvalue weighted by Gasteiger charge is -2.22. The van der Waals surface area contributed by atoms with Gasteiger partial charge in [0.1, 0.15) is 0 Å². The zero-order valence-electron chi connectivity index (χ0n) is 37.9. The van der Waals surface area contributed by atoms with Crippen molar-refractivity contribution in [2.75, 3.05) is 13.2 Å². The van der Waals surface area contributed by atoms with E-state index in [-0.39, 0.29) is 18.5 Å². The second-order valence-electron chi connectivity index (χ2n) is 17.5. The molecule has 6 heteroatoms. The number of aliphatic hydroxyl groups is 2. The van der Waals surface area contributed by atoms with Crippen LogP contribution in [-0.4, -0.2) is 47.4 Å². The molecule has 0 aliphatic carbocycles. The van der Waals surface area contributed by atoms with Crippen LogP contribution in [-0.2, 0) is 14.3 Å². The minimum Gasteiger partial charge on any atom is -0.466 e. The second kappa shape index (κ2) is 46.5. The van der Waals surface area contributed by atoms with Gasteiger partial charge in [-0.25, -0.2) is 0 Å². The molecule has 3 N–H and O–H groups in total. The molecule has 0 aliphatic heterocycles. The van der Waals surface area contributed by atoms with Crippen LogP contribution in [0.15, 0.2) is 0 Å². The second-order valence-corrected chi connectivity index (χ2v) is 17.5. The Labute approximate surface area is 349 Å². The molecule has 2 atom stereocenters. The van der Waals surface area contributed by atoms with Gasteiger partial charge in [0.05, 0.1) is 25.4 Å². The maximum absolute atomic E-state index is 12.4. The lowest BCUT2D eigenvalue weighted by Crippen LogP contribution is -2.45. The molecule has 0 fully saturated rings. The van der Waals surface area contributed by atoms with Crippen LogP contribution in [0.25, 0.3) is 0 Å². The van der Waals surface area contributed by atoms with E-state index < -0.39 is 12.1 Å². The van der Waals surface area contributed by atoms with E-state index in [0.717, 1.165) is 44.9 Å². The predicted molar refractivity (Wildman–Crippen MR) is 241 cm³/mol. The van der Waals surface area contributed by atoms with Gasteiger partial charge in [-0.1, -0.05) is 245 Å². The van der Waals surface area contributed by atoms with E-state index in [0.29, 0.717) is 25.9 Å². The Kier molecular flexibility index (Phi) is 45.6. The molecule has 0 radical (unpaired) electrons. The minimum atomic E-state index is -0.666. The number of esters is 1. The first-order valence-corrected chi connectivity index (χ1v) is 25.3. The summed E-state index contributed by atoms with van der Waals surface area (Å²) in [6.07, 6.45) is 50.7. The summed E-state index contributed by atoms with van der Waals surface area (Å²) in [4.78, 5) is 24.4. The van der Waals surface area contributed by atoms with Crippen molar-refractivity contribution in [1.29, 1.82) is 0 Å². The van der Waals surface area contributed by atoms with Crippen molar-refractivity contribution in [2.24, 2.45) is 0 Å². The molecular weight excluding hydrogens is 695 g/mol. The summed E-state index contributed by atoms with van der Waals surface area (Å²) in [6, 6.07) is -0.544. The first kappa shape index (κ1) is 54.9. The molecule has 0 aromatic rings. The molecule has 0 aromatic heterocycles. The zero-order chi connectivity index (χ0) is 40.8. The number of aliphatic hydroxyl groups excluding tert-OH is 2. The fourth-order valence-electron chi connectivity index (χ4n) is 7.99. The highest BCUT2D eigenvalue weighted by Gasteiger charge is 2.20. The van der Waals surface area contributed by atoms with E-state index in [9.17, 15) is 19.8 Å². The maximum Gasteiger partial charge on any atom is 0.305 e. The molecule has 2 unspecified atom stereocenters. The number of amides is 1. The summed E-state index contributed by atoms with van der Waals surface area (Å²) >= 11 is 0. The zero-order valence-corrected chi connectivity index (χ0v) is 37.9. The molecule has 334 valence electrons. The first-order valence-electron chi connectivity index (χ1n) is 25.3. The number of nitrogens with one attached hydrogen (secondary N) is 1. The Bertz CT molecular complexity index is 791. The topological polar surface area (TPSA) is 95.9 Å². The van der Waals surface area contributed by atoms with Gasteiger partial charge < -0.3 is 20.3 Å². The van der Waals surface area contributed by atoms with Crippen molar-refractivity contribution in [3.8, 4) is 0 Å². The van der Waals surface area contributed by atoms with Gasteiger partial charge in [-0.15, -0.1) is 0 Å². The smallest absolute Gasteiger partial charge is 0.305 e. The fraction of sp³-hybridized carbons (Fsp3) is 0.960. The van der Waals surface area contributed by atoms with Crippen molar-refractivity contribution in [1.82, 2.24) is 5.32 Å². The molecule has 56 heavy (non-hydrogen) atoms. The van der Waals surface area contributed by atoms with Crippen LogP contribution in [0.1, 0.15) is 284 Å². The third-order valence-electron chi connectivity index (χ3n) is 11.9. The summed E-state index contributed by atoms with van der Waals surface area (Å²) < 4.78 is 5.46. The Hall–Kier alpha value is -1.14. The van der Waals surface area contributed by atoms with Crippen LogP contribution in [0, 0.1) is 0 Å². The number of ether oxygens (including phenoxy) is 1. The Morgan fingerprint density at radius 2 is 0.732 bits per heavy atom. The van der Waals surface area contributed by atoms with Gasteiger partial charge in [-0.3, -0.25) is 9.59 Å². The number of rotatable bonds is 47. The summed E-state index contributed by atoms with van der Waals surface area (Å²) in [5.74, 6) is -0.0409. The third-order valence-corrected chi connectivity index (χ3v) is 11.9. The van der Waals surface area contributed by atoms with E-state index >= 15 is 0 Å². The summed E-state index contributed by atoms with van der Waals surface area (Å²) in [7, 11) is 0. The molecule has 0 aliphatic rings. The largest absolute Gasteiger partial charge is 0.466 e. The molecule has 0 rings (SSSR count). The van der Waals surface area contributed by atoms with Gasteiger partial charge in [-0.2, -0.15) is 0 Å². The summed E-state index contributed by atoms with van der Waals surface area (Å²) in [5, 5.41) is 23.1. The van der Waals surface area contributed by atoms with Gasteiger partial charge in [-0.05, 0) is 25.7 Å². The maximum atomic E-state index is 12.4. The van der Waals surface area contributed by atoms with Crippen LogP contribution in [0.2, 0.25) is 0 Å². The predicted octanol–water partition coefficient (Wildman–Crippen LogP) is 14.8. The van der Waals surface area contributed by atoms with E-state index in [1.54, 1.807) is 0 Å². The van der Waals surface area contributed by atoms with Gasteiger partial charge in [0.25, 0.3) is 0 Å². The van der Waals surface area contributed by atoms with E-state index in [1.165, 1.54) is 205 Å². The fourth-order valence-corrected chi connectivity index (χ4v) is 7.99. The number of carbonyl (C=O) groups excluding carboxylic acids is 2. The average molecular weight is 794 g/mol. The SMILES string of the molecule is CCCCCCCCCCCCCCCCC(=O)OCCCCCCCCCCCCCCCCCC(=O)NC(CO)C(O)CCCCCCCCCCCC. The number of carbonyl (C=O) groups is 2. The minimum absolute atomic E-state index is 0.00311. The Morgan fingerprint density at radius 3 is 1.09 bits per heavy atom. The number of unbranched alkanes of at least 4 members (excludes halogenated alkanes) is 36. The average Bonchev–Trinajstić information content (AvgIpc) is 3.20. The normalized spacial score (nSPS) is 12.6. The van der Waals surface area contributed by atoms with Crippen molar-refractivity contribution in [3.63, 3.8) is 0 Å². The molecule has 1 amide bonds. The standard InChI is InChI=1S/C50H99NO5/c1-3-5-7-9-11-13-15-16-21-24-28-32-36-40-44-50(55)56-45-41-37-33-29-25-22-19-17-18-20-23-27-31-35-39-43-49(54)51-47(46-52)48(53)42-38-34-30-26-14-12-10-8-6-4-2/h47-48,52-53H,3-46H2,1-2H3,(H,51,54).